The van der Waals surface area contributed by atoms with E-state index in [1.54, 1.807) is 11.3 Å². The maximum absolute atomic E-state index is 12.8. The monoisotopic (exact) mass is 404 g/mol. The number of carbonyl (C=O) groups is 1. The Kier molecular flexibility index (Phi) is 4.69. The number of fused-ring (bicyclic) bond motifs is 2. The lowest BCUT2D eigenvalue weighted by molar-refractivity contribution is -0.130. The third kappa shape index (κ3) is 3.47. The summed E-state index contributed by atoms with van der Waals surface area (Å²) in [5, 5.41) is 6.31. The first kappa shape index (κ1) is 17.8. The van der Waals surface area contributed by atoms with Crippen LogP contribution in [0.4, 0.5) is 0 Å². The molecule has 2 N–H and O–H groups in total. The number of amides is 1. The van der Waals surface area contributed by atoms with Gasteiger partial charge in [-0.3, -0.25) is 4.79 Å². The number of carbonyl (C=O) groups excluding carboxylic acids is 1. The van der Waals surface area contributed by atoms with E-state index in [9.17, 15) is 4.79 Å². The Labute approximate surface area is 172 Å². The molecule has 5 rings (SSSR count). The van der Waals surface area contributed by atoms with E-state index in [4.69, 9.17) is 9.47 Å². The molecule has 3 heterocycles. The van der Waals surface area contributed by atoms with Crippen molar-refractivity contribution in [2.24, 2.45) is 0 Å². The summed E-state index contributed by atoms with van der Waals surface area (Å²) < 4.78 is 11.5. The lowest BCUT2D eigenvalue weighted by Gasteiger charge is -2.26. The van der Waals surface area contributed by atoms with Crippen LogP contribution in [-0.4, -0.2) is 30.1 Å². The normalized spacial score (nSPS) is 16.5. The quantitative estimate of drug-likeness (QED) is 0.521. The van der Waals surface area contributed by atoms with Crippen LogP contribution >= 0.6 is 11.3 Å². The van der Waals surface area contributed by atoms with E-state index in [2.05, 4.69) is 33.9 Å². The number of thiophene rings is 1. The van der Waals surface area contributed by atoms with Gasteiger partial charge in [-0.15, -0.1) is 11.3 Å². The second-order valence-electron chi connectivity index (χ2n) is 6.97. The molecule has 146 valence electrons. The van der Waals surface area contributed by atoms with Gasteiger partial charge in [0.2, 0.25) is 6.10 Å². The summed E-state index contributed by atoms with van der Waals surface area (Å²) in [4.78, 5) is 17.3. The molecule has 2 aromatic heterocycles. The molecule has 0 fully saturated rings. The van der Waals surface area contributed by atoms with Crippen molar-refractivity contribution in [1.29, 1.82) is 0 Å². The number of rotatable bonds is 5. The van der Waals surface area contributed by atoms with Gasteiger partial charge in [0.15, 0.2) is 11.5 Å². The Balaban J connectivity index is 1.35. The zero-order valence-corrected chi connectivity index (χ0v) is 16.4. The summed E-state index contributed by atoms with van der Waals surface area (Å²) >= 11 is 1.69. The minimum Gasteiger partial charge on any atom is -0.485 e. The van der Waals surface area contributed by atoms with Crippen LogP contribution in [0, 0.1) is 0 Å². The molecule has 2 atom stereocenters. The summed E-state index contributed by atoms with van der Waals surface area (Å²) in [6.07, 6.45) is 1.38. The summed E-state index contributed by atoms with van der Waals surface area (Å²) in [5.41, 5.74) is 2.27. The molecule has 1 amide bonds. The molecular weight excluding hydrogens is 384 g/mol. The Morgan fingerprint density at radius 3 is 2.79 bits per heavy atom. The average molecular weight is 404 g/mol. The molecule has 1 aliphatic rings. The summed E-state index contributed by atoms with van der Waals surface area (Å²) in [7, 11) is 0. The summed E-state index contributed by atoms with van der Waals surface area (Å²) in [5.74, 6) is 1.17. The molecule has 4 aromatic rings. The van der Waals surface area contributed by atoms with Crippen LogP contribution in [-0.2, 0) is 4.79 Å². The number of nitrogens with one attached hydrogen (secondary N) is 2. The molecule has 0 bridgehead atoms. The van der Waals surface area contributed by atoms with Crippen molar-refractivity contribution in [3.05, 3.63) is 82.7 Å². The van der Waals surface area contributed by atoms with Crippen LogP contribution in [0.25, 0.3) is 10.9 Å². The number of hydrogen-bond donors (Lipinski definition) is 2. The van der Waals surface area contributed by atoms with E-state index in [1.807, 2.05) is 48.7 Å². The smallest absolute Gasteiger partial charge is 0.264 e. The molecule has 2 aromatic carbocycles. The van der Waals surface area contributed by atoms with E-state index in [1.165, 1.54) is 15.8 Å². The van der Waals surface area contributed by atoms with Crippen molar-refractivity contribution in [3.8, 4) is 11.5 Å². The fraction of sp³-hybridized carbons (Fsp3) is 0.174. The van der Waals surface area contributed by atoms with Gasteiger partial charge in [-0.05, 0) is 35.2 Å². The van der Waals surface area contributed by atoms with Crippen LogP contribution in [0.15, 0.2) is 72.2 Å². The highest BCUT2D eigenvalue weighted by atomic mass is 32.1. The first-order valence-corrected chi connectivity index (χ1v) is 10.4. The van der Waals surface area contributed by atoms with E-state index in [-0.39, 0.29) is 18.4 Å². The minimum absolute atomic E-state index is 0.0619. The van der Waals surface area contributed by atoms with Crippen molar-refractivity contribution >= 4 is 28.1 Å². The third-order valence-electron chi connectivity index (χ3n) is 5.16. The zero-order valence-electron chi connectivity index (χ0n) is 15.6. The van der Waals surface area contributed by atoms with Gasteiger partial charge in [-0.25, -0.2) is 0 Å². The Morgan fingerprint density at radius 1 is 1.10 bits per heavy atom. The van der Waals surface area contributed by atoms with Gasteiger partial charge in [-0.1, -0.05) is 36.4 Å². The van der Waals surface area contributed by atoms with Crippen LogP contribution in [0.5, 0.6) is 11.5 Å². The number of hydrogen-bond acceptors (Lipinski definition) is 4. The highest BCUT2D eigenvalue weighted by Crippen LogP contribution is 2.33. The SMILES string of the molecule is O=C(NC[C@@H](c1cccs1)c1c[nH]c2ccccc12)[C@@H]1COc2ccccc2O1. The molecular formula is C23H20N2O3S. The lowest BCUT2D eigenvalue weighted by Crippen LogP contribution is -2.45. The van der Waals surface area contributed by atoms with E-state index in [0.717, 1.165) is 5.52 Å². The van der Waals surface area contributed by atoms with Crippen molar-refractivity contribution in [2.45, 2.75) is 12.0 Å². The lowest BCUT2D eigenvalue weighted by atomic mass is 9.96. The Bertz CT molecular complexity index is 1140. The topological polar surface area (TPSA) is 63.4 Å². The predicted molar refractivity (Wildman–Crippen MR) is 114 cm³/mol. The van der Waals surface area contributed by atoms with Crippen molar-refractivity contribution in [3.63, 3.8) is 0 Å². The van der Waals surface area contributed by atoms with Crippen molar-refractivity contribution in [1.82, 2.24) is 10.3 Å². The molecule has 5 nitrogen and oxygen atoms in total. The molecule has 0 spiro atoms. The number of benzene rings is 2. The first-order valence-electron chi connectivity index (χ1n) is 9.55. The van der Waals surface area contributed by atoms with E-state index in [0.29, 0.717) is 18.0 Å². The van der Waals surface area contributed by atoms with Gasteiger partial charge in [0.25, 0.3) is 5.91 Å². The highest BCUT2D eigenvalue weighted by Gasteiger charge is 2.28. The Morgan fingerprint density at radius 2 is 1.93 bits per heavy atom. The molecule has 0 unspecified atom stereocenters. The molecule has 0 saturated heterocycles. The first-order chi connectivity index (χ1) is 14.3. The maximum Gasteiger partial charge on any atom is 0.264 e. The van der Waals surface area contributed by atoms with Gasteiger partial charge in [-0.2, -0.15) is 0 Å². The standard InChI is InChI=1S/C23H20N2O3S/c26-23(21-14-27-19-8-3-4-9-20(19)28-21)25-13-17(22-10-5-11-29-22)16-12-24-18-7-2-1-6-15(16)18/h1-12,17,21,24H,13-14H2,(H,25,26)/t17-,21+/m1/s1. The summed E-state index contributed by atoms with van der Waals surface area (Å²) in [6.45, 7) is 0.697. The molecule has 0 radical (unpaired) electrons. The van der Waals surface area contributed by atoms with E-state index >= 15 is 0 Å². The van der Waals surface area contributed by atoms with E-state index < -0.39 is 6.10 Å². The van der Waals surface area contributed by atoms with Crippen LogP contribution in [0.2, 0.25) is 0 Å². The number of aromatic amines is 1. The predicted octanol–water partition coefficient (Wildman–Crippen LogP) is 4.32. The van der Waals surface area contributed by atoms with Crippen LogP contribution in [0.3, 0.4) is 0 Å². The van der Waals surface area contributed by atoms with Crippen molar-refractivity contribution < 1.29 is 14.3 Å². The number of aromatic nitrogens is 1. The second kappa shape index (κ2) is 7.64. The molecule has 1 aliphatic heterocycles. The zero-order chi connectivity index (χ0) is 19.6. The number of para-hydroxylation sites is 3. The molecule has 0 aliphatic carbocycles. The fourth-order valence-electron chi connectivity index (χ4n) is 3.70. The van der Waals surface area contributed by atoms with Crippen molar-refractivity contribution in [2.75, 3.05) is 13.2 Å². The average Bonchev–Trinajstić information content (AvgIpc) is 3.44. The minimum atomic E-state index is -0.656. The number of ether oxygens (including phenoxy) is 2. The van der Waals surface area contributed by atoms with Gasteiger partial charge in [0.05, 0.1) is 0 Å². The second-order valence-corrected chi connectivity index (χ2v) is 7.95. The molecule has 29 heavy (non-hydrogen) atoms. The fourth-order valence-corrected chi connectivity index (χ4v) is 4.55. The molecule has 6 heteroatoms. The Hall–Kier alpha value is -3.25. The largest absolute Gasteiger partial charge is 0.485 e. The van der Waals surface area contributed by atoms with Gasteiger partial charge < -0.3 is 19.8 Å². The summed E-state index contributed by atoms with van der Waals surface area (Å²) in [6, 6.07) is 19.8. The van der Waals surface area contributed by atoms with Gasteiger partial charge in [0, 0.05) is 34.4 Å². The highest BCUT2D eigenvalue weighted by molar-refractivity contribution is 7.10. The molecule has 0 saturated carbocycles. The van der Waals surface area contributed by atoms with Crippen LogP contribution < -0.4 is 14.8 Å². The number of H-pyrrole nitrogens is 1. The third-order valence-corrected chi connectivity index (χ3v) is 6.15. The van der Waals surface area contributed by atoms with Gasteiger partial charge >= 0.3 is 0 Å². The van der Waals surface area contributed by atoms with Crippen LogP contribution in [0.1, 0.15) is 16.4 Å². The van der Waals surface area contributed by atoms with Gasteiger partial charge in [0.1, 0.15) is 6.61 Å². The maximum atomic E-state index is 12.8.